The first-order valence-electron chi connectivity index (χ1n) is 9.73. The number of quaternary nitrogens is 1. The fourth-order valence-electron chi connectivity index (χ4n) is 3.43. The number of hydrogen-bond donors (Lipinski definition) is 0. The Balaban J connectivity index is 0.00000441. The van der Waals surface area contributed by atoms with Crippen molar-refractivity contribution in [3.8, 4) is 0 Å². The van der Waals surface area contributed by atoms with E-state index in [-0.39, 0.29) is 12.4 Å². The SMILES string of the molecule is CCCCCCCCCCCC[N+](CC)(CC)CC1CO1.[Cl-]. The average molecular weight is 334 g/mol. The molecule has 0 aromatic rings. The maximum Gasteiger partial charge on any atom is 0.130 e. The average Bonchev–Trinajstić information content (AvgIpc) is 3.32. The van der Waals surface area contributed by atoms with Crippen molar-refractivity contribution in [3.05, 3.63) is 0 Å². The van der Waals surface area contributed by atoms with Crippen LogP contribution in [0, 0.1) is 0 Å². The quantitative estimate of drug-likeness (QED) is 0.254. The third kappa shape index (κ3) is 10.1. The maximum atomic E-state index is 5.45. The summed E-state index contributed by atoms with van der Waals surface area (Å²) in [5.41, 5.74) is 0. The van der Waals surface area contributed by atoms with Gasteiger partial charge in [0.25, 0.3) is 0 Å². The predicted octanol–water partition coefficient (Wildman–Crippen LogP) is 2.17. The van der Waals surface area contributed by atoms with Gasteiger partial charge in [-0.1, -0.05) is 58.3 Å². The van der Waals surface area contributed by atoms with Crippen molar-refractivity contribution < 1.29 is 21.6 Å². The van der Waals surface area contributed by atoms with E-state index in [2.05, 4.69) is 20.8 Å². The first kappa shape index (κ1) is 22.2. The minimum atomic E-state index is 0. The minimum Gasteiger partial charge on any atom is -1.00 e. The number of halogens is 1. The molecule has 1 aliphatic rings. The van der Waals surface area contributed by atoms with Crippen LogP contribution in [0.1, 0.15) is 85.0 Å². The summed E-state index contributed by atoms with van der Waals surface area (Å²) in [6.07, 6.45) is 14.9. The smallest absolute Gasteiger partial charge is 0.130 e. The van der Waals surface area contributed by atoms with Gasteiger partial charge in [0, 0.05) is 0 Å². The second-order valence-electron chi connectivity index (χ2n) is 7.02. The topological polar surface area (TPSA) is 12.5 Å². The number of nitrogens with zero attached hydrogens (tertiary/aromatic N) is 1. The van der Waals surface area contributed by atoms with Crippen molar-refractivity contribution in [2.75, 3.05) is 32.8 Å². The van der Waals surface area contributed by atoms with Crippen molar-refractivity contribution >= 4 is 0 Å². The van der Waals surface area contributed by atoms with E-state index in [1.165, 1.54) is 94.9 Å². The number of epoxide rings is 1. The number of hydrogen-bond acceptors (Lipinski definition) is 1. The summed E-state index contributed by atoms with van der Waals surface area (Å²) in [7, 11) is 0. The molecule has 0 N–H and O–H groups in total. The maximum absolute atomic E-state index is 5.45. The molecule has 3 heteroatoms. The summed E-state index contributed by atoms with van der Waals surface area (Å²) in [4.78, 5) is 0. The van der Waals surface area contributed by atoms with Crippen LogP contribution in [-0.4, -0.2) is 43.4 Å². The highest BCUT2D eigenvalue weighted by Gasteiger charge is 2.34. The molecule has 0 bridgehead atoms. The molecule has 0 saturated carbocycles. The summed E-state index contributed by atoms with van der Waals surface area (Å²) in [5, 5.41) is 0. The molecule has 22 heavy (non-hydrogen) atoms. The van der Waals surface area contributed by atoms with Crippen LogP contribution in [0.15, 0.2) is 0 Å². The van der Waals surface area contributed by atoms with Crippen LogP contribution in [0.25, 0.3) is 0 Å². The Hall–Kier alpha value is 0.210. The Kier molecular flexibility index (Phi) is 13.8. The lowest BCUT2D eigenvalue weighted by atomic mass is 10.1. The fourth-order valence-corrected chi connectivity index (χ4v) is 3.43. The largest absolute Gasteiger partial charge is 1.00 e. The standard InChI is InChI=1S/C19H40NO.ClH/c1-4-7-8-9-10-11-12-13-14-15-16-20(5-2,6-3)17-19-18-21-19;/h19H,4-18H2,1-3H3;1H/q+1;/p-1. The Morgan fingerprint density at radius 3 is 1.64 bits per heavy atom. The second-order valence-corrected chi connectivity index (χ2v) is 7.02. The molecule has 1 aliphatic heterocycles. The highest BCUT2D eigenvalue weighted by molar-refractivity contribution is 4.68. The van der Waals surface area contributed by atoms with Crippen LogP contribution in [-0.2, 0) is 4.74 Å². The molecular weight excluding hydrogens is 294 g/mol. The molecule has 0 aliphatic carbocycles. The monoisotopic (exact) mass is 333 g/mol. The van der Waals surface area contributed by atoms with Crippen molar-refractivity contribution in [1.29, 1.82) is 0 Å². The predicted molar refractivity (Wildman–Crippen MR) is 92.7 cm³/mol. The molecule has 1 unspecified atom stereocenters. The number of rotatable bonds is 15. The Labute approximate surface area is 146 Å². The van der Waals surface area contributed by atoms with Gasteiger partial charge in [-0.3, -0.25) is 0 Å². The van der Waals surface area contributed by atoms with Gasteiger partial charge in [-0.25, -0.2) is 0 Å². The lowest BCUT2D eigenvalue weighted by Gasteiger charge is -2.36. The molecule has 134 valence electrons. The Morgan fingerprint density at radius 1 is 0.773 bits per heavy atom. The third-order valence-electron chi connectivity index (χ3n) is 5.32. The fraction of sp³-hybridized carbons (Fsp3) is 1.00. The summed E-state index contributed by atoms with van der Waals surface area (Å²) in [6, 6.07) is 0. The lowest BCUT2D eigenvalue weighted by molar-refractivity contribution is -0.925. The third-order valence-corrected chi connectivity index (χ3v) is 5.32. The molecule has 1 heterocycles. The summed E-state index contributed by atoms with van der Waals surface area (Å²) in [6.45, 7) is 13.2. The molecule has 1 rings (SSSR count). The first-order chi connectivity index (χ1) is 10.3. The van der Waals surface area contributed by atoms with Gasteiger partial charge in [0.2, 0.25) is 0 Å². The van der Waals surface area contributed by atoms with Gasteiger partial charge in [-0.2, -0.15) is 0 Å². The zero-order chi connectivity index (χ0) is 15.4. The molecule has 0 spiro atoms. The van der Waals surface area contributed by atoms with Crippen molar-refractivity contribution in [2.45, 2.75) is 91.1 Å². The van der Waals surface area contributed by atoms with Crippen LogP contribution in [0.5, 0.6) is 0 Å². The van der Waals surface area contributed by atoms with Gasteiger partial charge in [0.15, 0.2) is 0 Å². The van der Waals surface area contributed by atoms with E-state index >= 15 is 0 Å². The van der Waals surface area contributed by atoms with E-state index in [0.717, 1.165) is 6.61 Å². The van der Waals surface area contributed by atoms with Crippen LogP contribution in [0.2, 0.25) is 0 Å². The van der Waals surface area contributed by atoms with Crippen molar-refractivity contribution in [2.24, 2.45) is 0 Å². The van der Waals surface area contributed by atoms with E-state index < -0.39 is 0 Å². The Bertz CT molecular complexity index is 240. The highest BCUT2D eigenvalue weighted by Crippen LogP contribution is 2.19. The molecule has 0 aromatic carbocycles. The Morgan fingerprint density at radius 2 is 1.23 bits per heavy atom. The number of ether oxygens (including phenoxy) is 1. The zero-order valence-corrected chi connectivity index (χ0v) is 16.2. The molecule has 0 radical (unpaired) electrons. The van der Waals surface area contributed by atoms with Gasteiger partial charge in [0.1, 0.15) is 12.6 Å². The minimum absolute atomic E-state index is 0. The summed E-state index contributed by atoms with van der Waals surface area (Å²) in [5.74, 6) is 0. The van der Waals surface area contributed by atoms with Crippen LogP contribution in [0.4, 0.5) is 0 Å². The van der Waals surface area contributed by atoms with Gasteiger partial charge in [-0.15, -0.1) is 0 Å². The van der Waals surface area contributed by atoms with Crippen LogP contribution < -0.4 is 12.4 Å². The molecule has 0 amide bonds. The van der Waals surface area contributed by atoms with E-state index in [4.69, 9.17) is 4.74 Å². The van der Waals surface area contributed by atoms with Crippen LogP contribution >= 0.6 is 0 Å². The summed E-state index contributed by atoms with van der Waals surface area (Å²) < 4.78 is 6.73. The van der Waals surface area contributed by atoms with Crippen LogP contribution in [0.3, 0.4) is 0 Å². The van der Waals surface area contributed by atoms with Crippen molar-refractivity contribution in [1.82, 2.24) is 0 Å². The van der Waals surface area contributed by atoms with Gasteiger partial charge in [-0.05, 0) is 26.7 Å². The number of likely N-dealkylation sites (N-methyl/N-ethyl adjacent to an activating group) is 1. The first-order valence-corrected chi connectivity index (χ1v) is 9.73. The summed E-state index contributed by atoms with van der Waals surface area (Å²) >= 11 is 0. The molecular formula is C19H40ClNO. The van der Waals surface area contributed by atoms with E-state index in [0.29, 0.717) is 6.10 Å². The molecule has 1 fully saturated rings. The molecule has 1 atom stereocenters. The molecule has 2 nitrogen and oxygen atoms in total. The van der Waals surface area contributed by atoms with Gasteiger partial charge in [0.05, 0.1) is 26.2 Å². The highest BCUT2D eigenvalue weighted by atomic mass is 35.5. The molecule has 0 aromatic heterocycles. The second kappa shape index (κ2) is 13.6. The van der Waals surface area contributed by atoms with E-state index in [1.807, 2.05) is 0 Å². The van der Waals surface area contributed by atoms with Crippen molar-refractivity contribution in [3.63, 3.8) is 0 Å². The number of unbranched alkanes of at least 4 members (excludes halogenated alkanes) is 9. The van der Waals surface area contributed by atoms with Gasteiger partial charge < -0.3 is 21.6 Å². The van der Waals surface area contributed by atoms with E-state index in [9.17, 15) is 0 Å². The molecule has 1 saturated heterocycles. The normalized spacial score (nSPS) is 17.3. The lowest BCUT2D eigenvalue weighted by Crippen LogP contribution is -3.00. The van der Waals surface area contributed by atoms with Gasteiger partial charge >= 0.3 is 0 Å². The zero-order valence-electron chi connectivity index (χ0n) is 15.4. The van der Waals surface area contributed by atoms with E-state index in [1.54, 1.807) is 0 Å².